The largest absolute Gasteiger partial charge is 0.316 e. The Balaban J connectivity index is 1.89. The Morgan fingerprint density at radius 1 is 1.15 bits per heavy atom. The zero-order valence-electron chi connectivity index (χ0n) is 13.2. The van der Waals surface area contributed by atoms with E-state index >= 15 is 0 Å². The van der Waals surface area contributed by atoms with Crippen LogP contribution in [0.15, 0.2) is 24.3 Å². The van der Waals surface area contributed by atoms with Crippen LogP contribution in [0.5, 0.6) is 0 Å². The van der Waals surface area contributed by atoms with E-state index in [2.05, 4.69) is 48.3 Å². The van der Waals surface area contributed by atoms with Gasteiger partial charge in [-0.2, -0.15) is 0 Å². The van der Waals surface area contributed by atoms with Crippen molar-refractivity contribution in [1.29, 1.82) is 0 Å². The van der Waals surface area contributed by atoms with Crippen molar-refractivity contribution in [3.05, 3.63) is 35.4 Å². The maximum Gasteiger partial charge on any atom is 0.0233 e. The van der Waals surface area contributed by atoms with Crippen molar-refractivity contribution >= 4 is 0 Å². The van der Waals surface area contributed by atoms with E-state index in [-0.39, 0.29) is 0 Å². The summed E-state index contributed by atoms with van der Waals surface area (Å²) in [5, 5.41) is 3.53. The Bertz CT molecular complexity index is 366. The van der Waals surface area contributed by atoms with Gasteiger partial charge in [0.2, 0.25) is 0 Å². The number of benzene rings is 1. The van der Waals surface area contributed by atoms with Crippen LogP contribution in [0.1, 0.15) is 44.2 Å². The third-order valence-corrected chi connectivity index (χ3v) is 4.29. The minimum Gasteiger partial charge on any atom is -0.316 e. The normalized spacial score (nSPS) is 19.4. The summed E-state index contributed by atoms with van der Waals surface area (Å²) < 4.78 is 0. The lowest BCUT2D eigenvalue weighted by Crippen LogP contribution is -2.38. The molecular formula is C18H30N2. The van der Waals surface area contributed by atoms with Crippen molar-refractivity contribution in [2.75, 3.05) is 26.2 Å². The average molecular weight is 274 g/mol. The van der Waals surface area contributed by atoms with Gasteiger partial charge in [-0.1, -0.05) is 38.1 Å². The molecule has 1 aromatic carbocycles. The van der Waals surface area contributed by atoms with Gasteiger partial charge < -0.3 is 5.32 Å². The summed E-state index contributed by atoms with van der Waals surface area (Å²) in [6.45, 7) is 10.5. The van der Waals surface area contributed by atoms with Crippen LogP contribution >= 0.6 is 0 Å². The molecule has 1 heterocycles. The van der Waals surface area contributed by atoms with Gasteiger partial charge in [-0.25, -0.2) is 0 Å². The van der Waals surface area contributed by atoms with Crippen LogP contribution in [0.4, 0.5) is 0 Å². The molecule has 1 N–H and O–H groups in total. The van der Waals surface area contributed by atoms with Crippen LogP contribution in [-0.2, 0) is 13.0 Å². The molecule has 0 spiro atoms. The van der Waals surface area contributed by atoms with Crippen LogP contribution in [0, 0.1) is 5.92 Å². The molecule has 0 aromatic heterocycles. The molecule has 1 aliphatic heterocycles. The molecule has 0 saturated carbocycles. The van der Waals surface area contributed by atoms with Gasteiger partial charge in [0.05, 0.1) is 0 Å². The lowest BCUT2D eigenvalue weighted by Gasteiger charge is -2.30. The third-order valence-electron chi connectivity index (χ3n) is 4.29. The predicted molar refractivity (Wildman–Crippen MR) is 87.0 cm³/mol. The van der Waals surface area contributed by atoms with Crippen LogP contribution in [0.25, 0.3) is 0 Å². The number of piperidine rings is 1. The molecule has 2 heteroatoms. The monoisotopic (exact) mass is 274 g/mol. The van der Waals surface area contributed by atoms with E-state index in [0.29, 0.717) is 0 Å². The van der Waals surface area contributed by atoms with Crippen molar-refractivity contribution < 1.29 is 0 Å². The Hall–Kier alpha value is -0.860. The van der Waals surface area contributed by atoms with Gasteiger partial charge in [-0.15, -0.1) is 0 Å². The van der Waals surface area contributed by atoms with E-state index in [0.717, 1.165) is 18.9 Å². The van der Waals surface area contributed by atoms with Gasteiger partial charge in [0, 0.05) is 13.1 Å². The molecule has 1 aromatic rings. The highest BCUT2D eigenvalue weighted by Crippen LogP contribution is 2.15. The first-order valence-corrected chi connectivity index (χ1v) is 8.32. The van der Waals surface area contributed by atoms with Crippen molar-refractivity contribution in [3.63, 3.8) is 0 Å². The zero-order chi connectivity index (χ0) is 14.2. The first kappa shape index (κ1) is 15.5. The number of rotatable bonds is 7. The molecule has 0 amide bonds. The molecule has 112 valence electrons. The maximum atomic E-state index is 3.53. The van der Waals surface area contributed by atoms with E-state index in [1.807, 2.05) is 0 Å². The molecule has 0 bridgehead atoms. The molecular weight excluding hydrogens is 244 g/mol. The number of nitrogens with one attached hydrogen (secondary N) is 1. The standard InChI is InChI=1S/C18H30N2/c1-3-12-20(15-18-6-5-11-19-13-18)14-17-9-7-16(4-2)8-10-17/h7-10,18-19H,3-6,11-15H2,1-2H3. The Morgan fingerprint density at radius 3 is 2.50 bits per heavy atom. The van der Waals surface area contributed by atoms with E-state index < -0.39 is 0 Å². The van der Waals surface area contributed by atoms with Crippen LogP contribution < -0.4 is 5.32 Å². The lowest BCUT2D eigenvalue weighted by atomic mass is 9.98. The summed E-state index contributed by atoms with van der Waals surface area (Å²) >= 11 is 0. The second kappa shape index (κ2) is 8.43. The maximum absolute atomic E-state index is 3.53. The Morgan fingerprint density at radius 2 is 1.90 bits per heavy atom. The highest BCUT2D eigenvalue weighted by molar-refractivity contribution is 5.22. The SMILES string of the molecule is CCCN(Cc1ccc(CC)cc1)CC1CCCNC1. The number of aryl methyl sites for hydroxylation is 1. The van der Waals surface area contributed by atoms with Crippen molar-refractivity contribution in [2.45, 2.75) is 46.1 Å². The highest BCUT2D eigenvalue weighted by atomic mass is 15.1. The second-order valence-corrected chi connectivity index (χ2v) is 6.12. The summed E-state index contributed by atoms with van der Waals surface area (Å²) in [5.41, 5.74) is 2.90. The average Bonchev–Trinajstić information content (AvgIpc) is 2.49. The Kier molecular flexibility index (Phi) is 6.55. The van der Waals surface area contributed by atoms with Crippen LogP contribution in [0.3, 0.4) is 0 Å². The molecule has 0 aliphatic carbocycles. The number of hydrogen-bond donors (Lipinski definition) is 1. The van der Waals surface area contributed by atoms with Gasteiger partial charge in [0.25, 0.3) is 0 Å². The molecule has 1 unspecified atom stereocenters. The molecule has 2 rings (SSSR count). The fourth-order valence-corrected chi connectivity index (χ4v) is 3.13. The molecule has 0 radical (unpaired) electrons. The second-order valence-electron chi connectivity index (χ2n) is 6.12. The lowest BCUT2D eigenvalue weighted by molar-refractivity contribution is 0.201. The van der Waals surface area contributed by atoms with E-state index in [4.69, 9.17) is 0 Å². The van der Waals surface area contributed by atoms with Gasteiger partial charge in [-0.05, 0) is 62.4 Å². The quantitative estimate of drug-likeness (QED) is 0.819. The van der Waals surface area contributed by atoms with Gasteiger partial charge in [0.15, 0.2) is 0 Å². The van der Waals surface area contributed by atoms with Gasteiger partial charge in [-0.3, -0.25) is 4.90 Å². The summed E-state index contributed by atoms with van der Waals surface area (Å²) in [5.74, 6) is 0.838. The van der Waals surface area contributed by atoms with E-state index in [1.165, 1.54) is 56.6 Å². The molecule has 1 fully saturated rings. The van der Waals surface area contributed by atoms with Crippen LogP contribution in [0.2, 0.25) is 0 Å². The summed E-state index contributed by atoms with van der Waals surface area (Å²) in [6, 6.07) is 9.17. The van der Waals surface area contributed by atoms with Crippen molar-refractivity contribution in [1.82, 2.24) is 10.2 Å². The molecule has 1 saturated heterocycles. The first-order valence-electron chi connectivity index (χ1n) is 8.32. The smallest absolute Gasteiger partial charge is 0.0233 e. The minimum absolute atomic E-state index is 0.838. The number of hydrogen-bond acceptors (Lipinski definition) is 2. The summed E-state index contributed by atoms with van der Waals surface area (Å²) in [7, 11) is 0. The van der Waals surface area contributed by atoms with Crippen LogP contribution in [-0.4, -0.2) is 31.1 Å². The number of nitrogens with zero attached hydrogens (tertiary/aromatic N) is 1. The van der Waals surface area contributed by atoms with Gasteiger partial charge in [0.1, 0.15) is 0 Å². The molecule has 20 heavy (non-hydrogen) atoms. The highest BCUT2D eigenvalue weighted by Gasteiger charge is 2.16. The van der Waals surface area contributed by atoms with E-state index in [1.54, 1.807) is 0 Å². The zero-order valence-corrected chi connectivity index (χ0v) is 13.2. The summed E-state index contributed by atoms with van der Waals surface area (Å²) in [4.78, 5) is 2.64. The topological polar surface area (TPSA) is 15.3 Å². The van der Waals surface area contributed by atoms with E-state index in [9.17, 15) is 0 Å². The minimum atomic E-state index is 0.838. The predicted octanol–water partition coefficient (Wildman–Crippen LogP) is 3.46. The first-order chi connectivity index (χ1) is 9.81. The molecule has 2 nitrogen and oxygen atoms in total. The van der Waals surface area contributed by atoms with Crippen molar-refractivity contribution in [3.8, 4) is 0 Å². The molecule has 1 aliphatic rings. The fraction of sp³-hybridized carbons (Fsp3) is 0.667. The molecule has 1 atom stereocenters. The van der Waals surface area contributed by atoms with Crippen molar-refractivity contribution in [2.24, 2.45) is 5.92 Å². The fourth-order valence-electron chi connectivity index (χ4n) is 3.13. The van der Waals surface area contributed by atoms with Gasteiger partial charge >= 0.3 is 0 Å². The Labute approximate surface area is 124 Å². The summed E-state index contributed by atoms with van der Waals surface area (Å²) in [6.07, 6.45) is 5.11. The third kappa shape index (κ3) is 4.92.